The quantitative estimate of drug-likeness (QED) is 0.173. The van der Waals surface area contributed by atoms with Crippen LogP contribution in [0.1, 0.15) is 22.8 Å². The largest absolute Gasteiger partial charge is 0.354 e. The van der Waals surface area contributed by atoms with E-state index in [1.54, 1.807) is 72.8 Å². The van der Waals surface area contributed by atoms with E-state index in [4.69, 9.17) is 103 Å². The van der Waals surface area contributed by atoms with Gasteiger partial charge in [0.2, 0.25) is 0 Å². The predicted octanol–water partition coefficient (Wildman–Crippen LogP) is 16.5. The van der Waals surface area contributed by atoms with Crippen molar-refractivity contribution < 1.29 is 19.5 Å². The Kier molecular flexibility index (Phi) is 11.4. The second kappa shape index (κ2) is 16.2. The molecule has 4 nitrogen and oxygen atoms in total. The first-order valence-corrected chi connectivity index (χ1v) is 20.0. The summed E-state index contributed by atoms with van der Waals surface area (Å²) >= 11 is 55.6. The molecular weight excluding hydrogens is 934 g/mol. The van der Waals surface area contributed by atoms with Crippen LogP contribution >= 0.6 is 92.8 Å². The Morgan fingerprint density at radius 2 is 0.474 bits per heavy atom. The van der Waals surface area contributed by atoms with Crippen LogP contribution in [0.25, 0.3) is 90.9 Å². The molecule has 0 atom stereocenters. The smallest absolute Gasteiger partial charge is 0.0738 e. The third kappa shape index (κ3) is 7.16. The molecule has 4 aromatic carbocycles. The van der Waals surface area contributed by atoms with Crippen molar-refractivity contribution in [2.45, 2.75) is 0 Å². The second-order valence-corrected chi connectivity index (χ2v) is 16.1. The van der Waals surface area contributed by atoms with Crippen molar-refractivity contribution >= 4 is 139 Å². The van der Waals surface area contributed by atoms with Crippen LogP contribution in [-0.2, 0) is 19.5 Å². The third-order valence-electron chi connectivity index (χ3n) is 9.60. The zero-order valence-corrected chi connectivity index (χ0v) is 38.2. The average Bonchev–Trinajstić information content (AvgIpc) is 4.00. The Balaban J connectivity index is 0.00000455. The van der Waals surface area contributed by atoms with Crippen molar-refractivity contribution in [2.24, 2.45) is 0 Å². The maximum absolute atomic E-state index is 6.95. The van der Waals surface area contributed by atoms with Crippen LogP contribution in [0.15, 0.2) is 97.1 Å². The Morgan fingerprint density at radius 1 is 0.281 bits per heavy atom. The minimum Gasteiger partial charge on any atom is -0.354 e. The summed E-state index contributed by atoms with van der Waals surface area (Å²) in [6.45, 7) is 0. The normalized spacial score (nSPS) is 11.9. The summed E-state index contributed by atoms with van der Waals surface area (Å²) < 4.78 is 0. The number of H-pyrrole nitrogens is 2. The second-order valence-electron chi connectivity index (χ2n) is 12.9. The van der Waals surface area contributed by atoms with Gasteiger partial charge >= 0.3 is 0 Å². The Morgan fingerprint density at radius 3 is 0.667 bits per heavy atom. The van der Waals surface area contributed by atoms with E-state index in [1.807, 2.05) is 48.6 Å². The Labute approximate surface area is 379 Å². The number of nitrogens with one attached hydrogen (secondary N) is 2. The summed E-state index contributed by atoms with van der Waals surface area (Å²) in [7, 11) is 0. The summed E-state index contributed by atoms with van der Waals surface area (Å²) in [5.74, 6) is 0. The first kappa shape index (κ1) is 40.2. The number of aromatic amines is 2. The molecule has 0 unspecified atom stereocenters. The topological polar surface area (TPSA) is 57.4 Å². The van der Waals surface area contributed by atoms with Crippen molar-refractivity contribution in [3.8, 4) is 44.5 Å². The molecule has 0 saturated heterocycles. The molecule has 0 aliphatic carbocycles. The molecule has 2 aliphatic rings. The van der Waals surface area contributed by atoms with E-state index >= 15 is 0 Å². The third-order valence-corrected chi connectivity index (χ3v) is 12.1. The molecule has 3 aromatic heterocycles. The first-order valence-electron chi connectivity index (χ1n) is 17.0. The molecule has 9 rings (SSSR count). The Hall–Kier alpha value is -3.58. The van der Waals surface area contributed by atoms with Crippen LogP contribution in [0, 0.1) is 0 Å². The number of hydrogen-bond acceptors (Lipinski definition) is 2. The van der Waals surface area contributed by atoms with Crippen LogP contribution in [0.5, 0.6) is 0 Å². The summed E-state index contributed by atoms with van der Waals surface area (Å²) in [4.78, 5) is 17.8. The van der Waals surface area contributed by atoms with Crippen LogP contribution in [0.2, 0.25) is 40.2 Å². The summed E-state index contributed by atoms with van der Waals surface area (Å²) in [5, 5.41) is 3.53. The zero-order valence-electron chi connectivity index (χ0n) is 29.2. The van der Waals surface area contributed by atoms with E-state index in [1.165, 1.54) is 0 Å². The molecule has 0 amide bonds. The van der Waals surface area contributed by atoms with Gasteiger partial charge in [-0.15, -0.1) is 0 Å². The van der Waals surface area contributed by atoms with Crippen LogP contribution in [0.4, 0.5) is 0 Å². The van der Waals surface area contributed by atoms with Crippen molar-refractivity contribution in [1.82, 2.24) is 19.9 Å². The number of benzene rings is 4. The van der Waals surface area contributed by atoms with Gasteiger partial charge < -0.3 is 9.97 Å². The molecule has 0 fully saturated rings. The predicted molar refractivity (Wildman–Crippen MR) is 241 cm³/mol. The molecule has 8 bridgehead atoms. The summed E-state index contributed by atoms with van der Waals surface area (Å²) in [6, 6.07) is 29.3. The maximum atomic E-state index is 6.95. The number of halogens is 8. The fraction of sp³-hybridized carbons (Fsp3) is 0. The van der Waals surface area contributed by atoms with Crippen molar-refractivity contribution in [2.75, 3.05) is 0 Å². The molecule has 5 heterocycles. The van der Waals surface area contributed by atoms with Crippen LogP contribution < -0.4 is 0 Å². The molecule has 7 aromatic rings. The van der Waals surface area contributed by atoms with Gasteiger partial charge in [-0.25, -0.2) is 9.97 Å². The van der Waals surface area contributed by atoms with Gasteiger partial charge in [0.25, 0.3) is 0 Å². The number of rotatable bonds is 4. The fourth-order valence-electron chi connectivity index (χ4n) is 7.20. The summed E-state index contributed by atoms with van der Waals surface area (Å²) in [6.07, 6.45) is 7.66. The Bertz CT molecular complexity index is 2560. The SMILES string of the molecule is Clc1cccc(Cl)c1-c1c2nc(c(-c3c(Cl)cccc3Cl)c3ccc([nH]3)c(-c3c(Cl)cccc3Cl)c3nc(c(-c4c(Cl)cccc4Cl)c4ccc1[nH]4)C=C3)C=C2.[Zn]. The van der Waals surface area contributed by atoms with Gasteiger partial charge in [0.05, 0.1) is 63.0 Å². The fourth-order valence-corrected chi connectivity index (χ4v) is 9.55. The molecule has 0 saturated carbocycles. The molecular formula is C44H22Cl8N4Zn. The van der Waals surface area contributed by atoms with Crippen molar-refractivity contribution in [1.29, 1.82) is 0 Å². The monoisotopic (exact) mass is 950 g/mol. The van der Waals surface area contributed by atoms with Gasteiger partial charge in [-0.05, 0) is 97.1 Å². The van der Waals surface area contributed by atoms with Gasteiger partial charge in [0.1, 0.15) is 0 Å². The van der Waals surface area contributed by atoms with Gasteiger partial charge in [-0.1, -0.05) is 117 Å². The van der Waals surface area contributed by atoms with E-state index in [2.05, 4.69) is 9.97 Å². The molecule has 0 radical (unpaired) electrons. The van der Waals surface area contributed by atoms with E-state index in [-0.39, 0.29) is 19.5 Å². The first-order chi connectivity index (χ1) is 27.1. The van der Waals surface area contributed by atoms with Crippen LogP contribution in [0.3, 0.4) is 0 Å². The van der Waals surface area contributed by atoms with Crippen molar-refractivity contribution in [3.63, 3.8) is 0 Å². The zero-order chi connectivity index (χ0) is 38.8. The number of aromatic nitrogens is 4. The van der Waals surface area contributed by atoms with Gasteiger partial charge in [0, 0.05) is 86.1 Å². The molecule has 2 aliphatic heterocycles. The molecule has 276 valence electrons. The molecule has 57 heavy (non-hydrogen) atoms. The van der Waals surface area contributed by atoms with Gasteiger partial charge in [-0.2, -0.15) is 0 Å². The molecule has 0 spiro atoms. The maximum Gasteiger partial charge on any atom is 0.0738 e. The van der Waals surface area contributed by atoms with Crippen molar-refractivity contribution in [3.05, 3.63) is 160 Å². The van der Waals surface area contributed by atoms with Gasteiger partial charge in [-0.3, -0.25) is 0 Å². The summed E-state index contributed by atoms with van der Waals surface area (Å²) in [5.41, 5.74) is 10.1. The van der Waals surface area contributed by atoms with E-state index < -0.39 is 0 Å². The van der Waals surface area contributed by atoms with Gasteiger partial charge in [0.15, 0.2) is 0 Å². The minimum absolute atomic E-state index is 0. The number of nitrogens with zero attached hydrogens (tertiary/aromatic N) is 2. The van der Waals surface area contributed by atoms with E-state index in [0.717, 1.165) is 0 Å². The standard InChI is InChI=1S/C44H22Cl8N4.Zn/c45-21-5-1-6-22(46)37(21)41-29-13-15-31(53-29)42(38-23(47)7-2-8-24(38)48)33-17-19-35(55-33)44(40-27(51)11-4-12-28(40)52)36-20-18-34(56-36)43(32-16-14-30(41)54-32)39-25(49)9-3-10-26(39)50;/h1-20,53,56H;. The van der Waals surface area contributed by atoms with E-state index in [0.29, 0.717) is 130 Å². The molecule has 13 heteroatoms. The average molecular weight is 956 g/mol. The number of hydrogen-bond donors (Lipinski definition) is 2. The minimum atomic E-state index is 0. The van der Waals surface area contributed by atoms with Crippen LogP contribution in [-0.4, -0.2) is 19.9 Å². The van der Waals surface area contributed by atoms with E-state index in [9.17, 15) is 0 Å². The molecule has 2 N–H and O–H groups in total. The number of fused-ring (bicyclic) bond motifs is 8.